The summed E-state index contributed by atoms with van der Waals surface area (Å²) in [5.74, 6) is 0.0324. The Morgan fingerprint density at radius 1 is 1.55 bits per heavy atom. The molecular formula is C10H10O. The van der Waals surface area contributed by atoms with Crippen molar-refractivity contribution in [3.63, 3.8) is 0 Å². The number of carbonyl (C=O) groups excluding carboxylic acids is 1. The van der Waals surface area contributed by atoms with Crippen LogP contribution >= 0.6 is 0 Å². The summed E-state index contributed by atoms with van der Waals surface area (Å²) in [5.41, 5.74) is 0.946. The SMILES string of the molecule is [2H]c1ccc(/C=C/C(C)=O)cc1. The Morgan fingerprint density at radius 2 is 2.18 bits per heavy atom. The highest BCUT2D eigenvalue weighted by atomic mass is 16.1. The van der Waals surface area contributed by atoms with E-state index >= 15 is 0 Å². The Hall–Kier alpha value is -1.37. The zero-order valence-electron chi connectivity index (χ0n) is 7.37. The van der Waals surface area contributed by atoms with Gasteiger partial charge in [0, 0.05) is 0 Å². The minimum atomic E-state index is 0.0324. The fraction of sp³-hybridized carbons (Fsp3) is 0.100. The van der Waals surface area contributed by atoms with Gasteiger partial charge in [0.15, 0.2) is 5.78 Å². The van der Waals surface area contributed by atoms with Gasteiger partial charge in [0.25, 0.3) is 0 Å². The van der Waals surface area contributed by atoms with Crippen LogP contribution in [0.2, 0.25) is 0 Å². The molecule has 0 atom stereocenters. The molecule has 0 aromatic heterocycles. The molecule has 1 heteroatoms. The van der Waals surface area contributed by atoms with Gasteiger partial charge in [-0.15, -0.1) is 0 Å². The van der Waals surface area contributed by atoms with Crippen molar-refractivity contribution in [2.75, 3.05) is 0 Å². The van der Waals surface area contributed by atoms with E-state index in [1.807, 2.05) is 12.1 Å². The summed E-state index contributed by atoms with van der Waals surface area (Å²) in [7, 11) is 0. The van der Waals surface area contributed by atoms with Crippen molar-refractivity contribution in [3.05, 3.63) is 41.9 Å². The van der Waals surface area contributed by atoms with E-state index in [1.165, 1.54) is 13.0 Å². The summed E-state index contributed by atoms with van der Waals surface area (Å²) >= 11 is 0. The normalized spacial score (nSPS) is 11.5. The average molecular weight is 147 g/mol. The van der Waals surface area contributed by atoms with Crippen molar-refractivity contribution in [2.45, 2.75) is 6.92 Å². The van der Waals surface area contributed by atoms with Gasteiger partial charge < -0.3 is 0 Å². The van der Waals surface area contributed by atoms with Gasteiger partial charge >= 0.3 is 0 Å². The maximum absolute atomic E-state index is 10.6. The second-order valence-electron chi connectivity index (χ2n) is 2.28. The highest BCUT2D eigenvalue weighted by Crippen LogP contribution is 2.00. The lowest BCUT2D eigenvalue weighted by molar-refractivity contribution is -0.112. The molecule has 0 spiro atoms. The minimum absolute atomic E-state index is 0.0324. The molecule has 56 valence electrons. The largest absolute Gasteiger partial charge is 0.295 e. The summed E-state index contributed by atoms with van der Waals surface area (Å²) in [6.07, 6.45) is 3.25. The molecule has 1 rings (SSSR count). The standard InChI is InChI=1S/C10H10O/c1-9(11)7-8-10-5-3-2-4-6-10/h2-8H,1H3/b8-7+/i2D. The average Bonchev–Trinajstić information content (AvgIpc) is 2.03. The van der Waals surface area contributed by atoms with Crippen LogP contribution in [0.4, 0.5) is 0 Å². The van der Waals surface area contributed by atoms with Crippen LogP contribution in [-0.2, 0) is 4.79 Å². The van der Waals surface area contributed by atoms with Crippen molar-refractivity contribution in [2.24, 2.45) is 0 Å². The molecule has 11 heavy (non-hydrogen) atoms. The molecule has 0 radical (unpaired) electrons. The second-order valence-corrected chi connectivity index (χ2v) is 2.28. The lowest BCUT2D eigenvalue weighted by atomic mass is 10.2. The molecule has 0 N–H and O–H groups in total. The number of ketones is 1. The van der Waals surface area contributed by atoms with Crippen LogP contribution in [0, 0.1) is 0 Å². The molecule has 0 unspecified atom stereocenters. The molecular weight excluding hydrogens is 136 g/mol. The smallest absolute Gasteiger partial charge is 0.152 e. The Bertz CT molecular complexity index is 298. The number of carbonyl (C=O) groups is 1. The fourth-order valence-corrected chi connectivity index (χ4v) is 0.724. The van der Waals surface area contributed by atoms with Gasteiger partial charge in [0.05, 0.1) is 1.37 Å². The third-order valence-corrected chi connectivity index (χ3v) is 1.25. The molecule has 0 aliphatic carbocycles. The summed E-state index contributed by atoms with van der Waals surface area (Å²) in [4.78, 5) is 10.6. The van der Waals surface area contributed by atoms with E-state index in [2.05, 4.69) is 0 Å². The van der Waals surface area contributed by atoms with E-state index < -0.39 is 0 Å². The van der Waals surface area contributed by atoms with Crippen LogP contribution in [0.15, 0.2) is 36.4 Å². The van der Waals surface area contributed by atoms with Crippen molar-refractivity contribution in [1.29, 1.82) is 0 Å². The van der Waals surface area contributed by atoms with E-state index in [0.29, 0.717) is 6.04 Å². The van der Waals surface area contributed by atoms with E-state index in [9.17, 15) is 4.79 Å². The van der Waals surface area contributed by atoms with Gasteiger partial charge in [0.1, 0.15) is 0 Å². The highest BCUT2D eigenvalue weighted by molar-refractivity contribution is 5.91. The van der Waals surface area contributed by atoms with E-state index in [-0.39, 0.29) is 5.78 Å². The van der Waals surface area contributed by atoms with Crippen LogP contribution in [-0.4, -0.2) is 5.78 Å². The summed E-state index contributed by atoms with van der Waals surface area (Å²) in [6, 6.07) is 7.48. The van der Waals surface area contributed by atoms with Crippen LogP contribution in [0.25, 0.3) is 6.08 Å². The van der Waals surface area contributed by atoms with Crippen molar-refractivity contribution in [3.8, 4) is 0 Å². The molecule has 0 heterocycles. The van der Waals surface area contributed by atoms with Crippen molar-refractivity contribution in [1.82, 2.24) is 0 Å². The van der Waals surface area contributed by atoms with Crippen LogP contribution in [0.5, 0.6) is 0 Å². The number of hydrogen-bond donors (Lipinski definition) is 0. The number of rotatable bonds is 2. The molecule has 0 fully saturated rings. The zero-order valence-corrected chi connectivity index (χ0v) is 6.37. The molecule has 0 bridgehead atoms. The number of benzene rings is 1. The first kappa shape index (κ1) is 6.35. The second kappa shape index (κ2) is 3.71. The monoisotopic (exact) mass is 147 g/mol. The van der Waals surface area contributed by atoms with Gasteiger partial charge in [0.2, 0.25) is 0 Å². The predicted octanol–water partition coefficient (Wildman–Crippen LogP) is 2.29. The zero-order chi connectivity index (χ0) is 8.97. The molecule has 0 saturated heterocycles. The number of hydrogen-bond acceptors (Lipinski definition) is 1. The molecule has 1 aromatic carbocycles. The van der Waals surface area contributed by atoms with Gasteiger partial charge in [-0.25, -0.2) is 0 Å². The number of allylic oxidation sites excluding steroid dienone is 1. The highest BCUT2D eigenvalue weighted by Gasteiger charge is 1.83. The lowest BCUT2D eigenvalue weighted by Crippen LogP contribution is -1.79. The molecule has 1 nitrogen and oxygen atoms in total. The minimum Gasteiger partial charge on any atom is -0.295 e. The van der Waals surface area contributed by atoms with Gasteiger partial charge in [-0.05, 0) is 18.6 Å². The Balaban J connectivity index is 2.77. The van der Waals surface area contributed by atoms with Crippen molar-refractivity contribution >= 4 is 11.9 Å². The molecule has 0 aliphatic rings. The molecule has 0 amide bonds. The van der Waals surface area contributed by atoms with Crippen molar-refractivity contribution < 1.29 is 6.17 Å². The summed E-state index contributed by atoms with van der Waals surface area (Å²) in [5, 5.41) is 0. The van der Waals surface area contributed by atoms with Gasteiger partial charge in [-0.1, -0.05) is 36.4 Å². The third kappa shape index (κ3) is 2.80. The third-order valence-electron chi connectivity index (χ3n) is 1.25. The maximum Gasteiger partial charge on any atom is 0.152 e. The topological polar surface area (TPSA) is 17.1 Å². The van der Waals surface area contributed by atoms with Gasteiger partial charge in [-0.3, -0.25) is 4.79 Å². The van der Waals surface area contributed by atoms with Crippen LogP contribution < -0.4 is 0 Å². The Kier molecular flexibility index (Phi) is 2.14. The first-order valence-corrected chi connectivity index (χ1v) is 3.44. The van der Waals surface area contributed by atoms with Crippen LogP contribution in [0.1, 0.15) is 13.9 Å². The lowest BCUT2D eigenvalue weighted by Gasteiger charge is -1.88. The maximum atomic E-state index is 10.6. The quantitative estimate of drug-likeness (QED) is 0.586. The van der Waals surface area contributed by atoms with E-state index in [1.54, 1.807) is 18.2 Å². The Labute approximate surface area is 67.8 Å². The first-order valence-electron chi connectivity index (χ1n) is 3.94. The molecule has 0 aliphatic heterocycles. The fourth-order valence-electron chi connectivity index (χ4n) is 0.724. The predicted molar refractivity (Wildman–Crippen MR) is 46.2 cm³/mol. The summed E-state index contributed by atoms with van der Waals surface area (Å²) in [6.45, 7) is 1.51. The summed E-state index contributed by atoms with van der Waals surface area (Å²) < 4.78 is 7.22. The molecule has 1 aromatic rings. The molecule has 0 saturated carbocycles. The first-order chi connectivity index (χ1) is 5.68. The Morgan fingerprint density at radius 3 is 2.73 bits per heavy atom. The van der Waals surface area contributed by atoms with Crippen LogP contribution in [0.3, 0.4) is 0 Å². The van der Waals surface area contributed by atoms with E-state index in [0.717, 1.165) is 5.56 Å². The van der Waals surface area contributed by atoms with Gasteiger partial charge in [-0.2, -0.15) is 0 Å². The van der Waals surface area contributed by atoms with E-state index in [4.69, 9.17) is 1.37 Å².